The highest BCUT2D eigenvalue weighted by atomic mass is 16.5. The van der Waals surface area contributed by atoms with Crippen LogP contribution in [0.5, 0.6) is 0 Å². The van der Waals surface area contributed by atoms with Crippen molar-refractivity contribution in [3.8, 4) is 0 Å². The summed E-state index contributed by atoms with van der Waals surface area (Å²) in [5.41, 5.74) is 2.27. The first-order valence-electron chi connectivity index (χ1n) is 8.76. The highest BCUT2D eigenvalue weighted by Gasteiger charge is 2.51. The van der Waals surface area contributed by atoms with E-state index in [2.05, 4.69) is 39.0 Å². The molecule has 1 aliphatic carbocycles. The molecule has 1 aliphatic heterocycles. The summed E-state index contributed by atoms with van der Waals surface area (Å²) in [4.78, 5) is 4.29. The highest BCUT2D eigenvalue weighted by Crippen LogP contribution is 2.50. The number of aliphatic hydroxyl groups is 1. The Labute approximate surface area is 146 Å². The van der Waals surface area contributed by atoms with Crippen LogP contribution in [0.1, 0.15) is 41.7 Å². The van der Waals surface area contributed by atoms with Gasteiger partial charge in [0.05, 0.1) is 18.7 Å². The van der Waals surface area contributed by atoms with E-state index in [1.165, 1.54) is 11.1 Å². The minimum absolute atomic E-state index is 0.132. The largest absolute Gasteiger partial charge is 0.390 e. The fourth-order valence-electron chi connectivity index (χ4n) is 4.28. The van der Waals surface area contributed by atoms with Gasteiger partial charge in [-0.05, 0) is 37.1 Å². The Kier molecular flexibility index (Phi) is 4.56. The van der Waals surface area contributed by atoms with Crippen molar-refractivity contribution in [3.05, 3.63) is 47.1 Å². The number of ether oxygens (including phenoxy) is 1. The molecule has 2 aliphatic rings. The maximum atomic E-state index is 11.2. The highest BCUT2D eigenvalue weighted by molar-refractivity contribution is 5.45. The molecule has 7 nitrogen and oxygen atoms in total. The molecular weight excluding hydrogens is 320 g/mol. The minimum atomic E-state index is -0.464. The van der Waals surface area contributed by atoms with Crippen molar-refractivity contribution in [1.29, 1.82) is 0 Å². The van der Waals surface area contributed by atoms with E-state index in [0.717, 1.165) is 25.9 Å². The molecule has 1 aromatic carbocycles. The molecule has 4 rings (SSSR count). The zero-order chi connectivity index (χ0) is 17.3. The van der Waals surface area contributed by atoms with Crippen LogP contribution in [0, 0.1) is 0 Å². The summed E-state index contributed by atoms with van der Waals surface area (Å²) in [6, 6.07) is 8.23. The van der Waals surface area contributed by atoms with E-state index in [1.807, 2.05) is 6.07 Å². The van der Waals surface area contributed by atoms with E-state index in [4.69, 9.17) is 9.26 Å². The molecule has 2 aromatic rings. The lowest BCUT2D eigenvalue weighted by Gasteiger charge is -2.39. The van der Waals surface area contributed by atoms with Crippen molar-refractivity contribution < 1.29 is 14.4 Å². The molecule has 0 bridgehead atoms. The monoisotopic (exact) mass is 344 g/mol. The average molecular weight is 344 g/mol. The molecule has 2 heterocycles. The molecule has 1 aromatic heterocycles. The van der Waals surface area contributed by atoms with Crippen LogP contribution >= 0.6 is 0 Å². The molecule has 0 saturated carbocycles. The first-order valence-corrected chi connectivity index (χ1v) is 8.76. The molecule has 134 valence electrons. The van der Waals surface area contributed by atoms with E-state index in [9.17, 15) is 5.11 Å². The first kappa shape index (κ1) is 16.7. The molecule has 0 radical (unpaired) electrons. The van der Waals surface area contributed by atoms with Gasteiger partial charge in [-0.2, -0.15) is 4.98 Å². The third kappa shape index (κ3) is 2.87. The van der Waals surface area contributed by atoms with Crippen molar-refractivity contribution in [2.24, 2.45) is 0 Å². The number of aliphatic hydroxyl groups excluding tert-OH is 1. The Balaban J connectivity index is 1.55. The second-order valence-electron chi connectivity index (χ2n) is 6.83. The zero-order valence-electron chi connectivity index (χ0n) is 14.4. The van der Waals surface area contributed by atoms with Crippen LogP contribution in [0.4, 0.5) is 0 Å². The van der Waals surface area contributed by atoms with Gasteiger partial charge in [0, 0.05) is 12.5 Å². The Morgan fingerprint density at radius 3 is 2.96 bits per heavy atom. The van der Waals surface area contributed by atoms with Crippen LogP contribution in [0.25, 0.3) is 0 Å². The number of benzene rings is 1. The smallest absolute Gasteiger partial charge is 0.240 e. The molecule has 1 saturated heterocycles. The number of methoxy groups -OCH3 is 1. The number of hydrogen-bond acceptors (Lipinski definition) is 7. The Hall–Kier alpha value is -1.80. The molecule has 1 fully saturated rings. The number of rotatable bonds is 5. The van der Waals surface area contributed by atoms with Gasteiger partial charge in [0.1, 0.15) is 6.61 Å². The van der Waals surface area contributed by atoms with Crippen LogP contribution in [0.2, 0.25) is 0 Å². The molecule has 1 spiro atoms. The molecule has 0 unspecified atom stereocenters. The molecule has 3 N–H and O–H groups in total. The predicted octanol–water partition coefficient (Wildman–Crippen LogP) is 1.04. The number of piperidine rings is 1. The number of aromatic nitrogens is 2. The van der Waals surface area contributed by atoms with E-state index >= 15 is 0 Å². The van der Waals surface area contributed by atoms with Gasteiger partial charge in [-0.15, -0.1) is 0 Å². The van der Waals surface area contributed by atoms with Crippen molar-refractivity contribution in [1.82, 2.24) is 20.8 Å². The van der Waals surface area contributed by atoms with E-state index < -0.39 is 6.10 Å². The number of fused-ring (bicyclic) bond motifs is 2. The van der Waals surface area contributed by atoms with Crippen LogP contribution in [0.3, 0.4) is 0 Å². The normalized spacial score (nSPS) is 24.6. The maximum absolute atomic E-state index is 11.2. The van der Waals surface area contributed by atoms with Crippen LogP contribution < -0.4 is 10.6 Å². The molecular formula is C18H24N4O3. The third-order valence-corrected chi connectivity index (χ3v) is 5.47. The predicted molar refractivity (Wildman–Crippen MR) is 90.8 cm³/mol. The van der Waals surface area contributed by atoms with E-state index in [1.54, 1.807) is 7.11 Å². The quantitative estimate of drug-likeness (QED) is 0.746. The van der Waals surface area contributed by atoms with Gasteiger partial charge in [-0.1, -0.05) is 29.4 Å². The maximum Gasteiger partial charge on any atom is 0.240 e. The summed E-state index contributed by atoms with van der Waals surface area (Å²) in [5.74, 6) is 1.03. The van der Waals surface area contributed by atoms with Crippen LogP contribution in [0.15, 0.2) is 28.8 Å². The van der Waals surface area contributed by atoms with Crippen LogP contribution in [-0.4, -0.2) is 41.6 Å². The van der Waals surface area contributed by atoms with Gasteiger partial charge in [0.15, 0.2) is 5.82 Å². The Morgan fingerprint density at radius 2 is 2.16 bits per heavy atom. The molecule has 0 amide bonds. The van der Waals surface area contributed by atoms with Gasteiger partial charge in [0.2, 0.25) is 5.89 Å². The topological polar surface area (TPSA) is 92.4 Å². The summed E-state index contributed by atoms with van der Waals surface area (Å²) >= 11 is 0. The van der Waals surface area contributed by atoms with Crippen LogP contribution in [-0.2, 0) is 23.3 Å². The van der Waals surface area contributed by atoms with Crippen molar-refractivity contribution in [3.63, 3.8) is 0 Å². The SMILES string of the molecule is COCc1noc(CN[C@@H]2c3ccccc3C3(CCNCC3)[C@H]2O)n1. The van der Waals surface area contributed by atoms with Gasteiger partial charge < -0.3 is 19.7 Å². The average Bonchev–Trinajstić information content (AvgIpc) is 3.18. The van der Waals surface area contributed by atoms with Gasteiger partial charge in [0.25, 0.3) is 0 Å². The van der Waals surface area contributed by atoms with E-state index in [-0.39, 0.29) is 11.5 Å². The van der Waals surface area contributed by atoms with E-state index in [0.29, 0.717) is 24.9 Å². The summed E-state index contributed by atoms with van der Waals surface area (Å²) in [6.45, 7) is 2.61. The Morgan fingerprint density at radius 1 is 1.36 bits per heavy atom. The standard InChI is InChI=1S/C18H24N4O3/c1-24-11-14-21-15(25-22-14)10-20-16-12-4-2-3-5-13(12)18(17(16)23)6-8-19-9-7-18/h2-5,16-17,19-20,23H,6-11H2,1H3/t16-,17+/m1/s1. The molecule has 25 heavy (non-hydrogen) atoms. The zero-order valence-corrected chi connectivity index (χ0v) is 14.4. The van der Waals surface area contributed by atoms with Crippen molar-refractivity contribution in [2.45, 2.75) is 43.6 Å². The summed E-state index contributed by atoms with van der Waals surface area (Å²) in [7, 11) is 1.60. The second kappa shape index (κ2) is 6.84. The molecule has 7 heteroatoms. The first-order chi connectivity index (χ1) is 12.2. The number of nitrogens with zero attached hydrogens (tertiary/aromatic N) is 2. The lowest BCUT2D eigenvalue weighted by Crippen LogP contribution is -2.47. The summed E-state index contributed by atoms with van der Waals surface area (Å²) in [5, 5.41) is 21.9. The van der Waals surface area contributed by atoms with Gasteiger partial charge >= 0.3 is 0 Å². The fourth-order valence-corrected chi connectivity index (χ4v) is 4.28. The second-order valence-corrected chi connectivity index (χ2v) is 6.83. The number of nitrogens with one attached hydrogen (secondary N) is 2. The fraction of sp³-hybridized carbons (Fsp3) is 0.556. The molecule has 2 atom stereocenters. The van der Waals surface area contributed by atoms with Crippen molar-refractivity contribution >= 4 is 0 Å². The lowest BCUT2D eigenvalue weighted by atomic mass is 9.72. The van der Waals surface area contributed by atoms with Crippen molar-refractivity contribution in [2.75, 3.05) is 20.2 Å². The van der Waals surface area contributed by atoms with Gasteiger partial charge in [-0.25, -0.2) is 0 Å². The third-order valence-electron chi connectivity index (χ3n) is 5.47. The van der Waals surface area contributed by atoms with Gasteiger partial charge in [-0.3, -0.25) is 5.32 Å². The number of hydrogen-bond donors (Lipinski definition) is 3. The minimum Gasteiger partial charge on any atom is -0.390 e. The summed E-state index contributed by atoms with van der Waals surface area (Å²) in [6.07, 6.45) is 1.43. The Bertz CT molecular complexity index is 727. The summed E-state index contributed by atoms with van der Waals surface area (Å²) < 4.78 is 10.2. The lowest BCUT2D eigenvalue weighted by molar-refractivity contribution is 0.0431.